The van der Waals surface area contributed by atoms with Crippen molar-refractivity contribution in [3.05, 3.63) is 0 Å². The van der Waals surface area contributed by atoms with Gasteiger partial charge in [0.05, 0.1) is 6.42 Å². The summed E-state index contributed by atoms with van der Waals surface area (Å²) >= 11 is 1.64. The number of nitrogens with one attached hydrogen (secondary N) is 2. The molecule has 0 saturated carbocycles. The number of carbonyl (C=O) groups excluding carboxylic acids is 6. The van der Waals surface area contributed by atoms with Gasteiger partial charge in [-0.25, -0.2) is 0 Å². The highest BCUT2D eigenvalue weighted by molar-refractivity contribution is 8.15. The maximum Gasteiger partial charge on any atom is 0.246 e. The number of amides is 4. The Morgan fingerprint density at radius 3 is 1.17 bits per heavy atom. The van der Waals surface area contributed by atoms with Crippen molar-refractivity contribution in [1.82, 2.24) is 20.4 Å². The van der Waals surface area contributed by atoms with Crippen molar-refractivity contribution in [2.45, 2.75) is 72.9 Å². The number of hydrogen-bond donors (Lipinski definition) is 2. The van der Waals surface area contributed by atoms with Crippen LogP contribution in [0.5, 0.6) is 0 Å². The molecule has 0 aromatic rings. The van der Waals surface area contributed by atoms with Crippen LogP contribution < -0.4 is 10.6 Å². The van der Waals surface area contributed by atoms with Crippen molar-refractivity contribution in [3.8, 4) is 0 Å². The predicted molar refractivity (Wildman–Crippen MR) is 140 cm³/mol. The lowest BCUT2D eigenvalue weighted by molar-refractivity contribution is -0.135. The number of hydrogen-bond acceptors (Lipinski definition) is 8. The van der Waals surface area contributed by atoms with Crippen molar-refractivity contribution in [1.29, 1.82) is 0 Å². The van der Waals surface area contributed by atoms with E-state index in [1.807, 2.05) is 27.7 Å². The van der Waals surface area contributed by atoms with Crippen LogP contribution >= 0.6 is 23.5 Å². The first-order valence-corrected chi connectivity index (χ1v) is 14.0. The summed E-state index contributed by atoms with van der Waals surface area (Å²) in [5.41, 5.74) is 0. The topological polar surface area (TPSA) is 133 Å². The van der Waals surface area contributed by atoms with E-state index in [0.29, 0.717) is 26.2 Å². The molecular formula is C23H40N4O6S2. The minimum Gasteiger partial charge on any atom is -0.344 e. The zero-order valence-electron chi connectivity index (χ0n) is 21.7. The van der Waals surface area contributed by atoms with Crippen molar-refractivity contribution in [3.63, 3.8) is 0 Å². The quantitative estimate of drug-likeness (QED) is 0.285. The third kappa shape index (κ3) is 12.4. The van der Waals surface area contributed by atoms with Gasteiger partial charge in [0.25, 0.3) is 0 Å². The standard InChI is InChI=1S/C23H40N4O6S2/c1-7-18(28)24-16(22(32)26(9-3)10-4)14-34-20(30)13-21(31)35-15-17(25-19(29)8-2)23(33)27(11-5)12-6/h16-17H,7-15H2,1-6H3,(H,24,28)(H,25,29)/t16-,17-/m0/s1. The van der Waals surface area contributed by atoms with Crippen LogP contribution in [0.4, 0.5) is 0 Å². The summed E-state index contributed by atoms with van der Waals surface area (Å²) in [7, 11) is 0. The first kappa shape index (κ1) is 32.9. The van der Waals surface area contributed by atoms with Crippen LogP contribution in [0.2, 0.25) is 0 Å². The Hall–Kier alpha value is -2.08. The zero-order valence-corrected chi connectivity index (χ0v) is 23.3. The molecule has 0 radical (unpaired) electrons. The highest BCUT2D eigenvalue weighted by Gasteiger charge is 2.27. The summed E-state index contributed by atoms with van der Waals surface area (Å²) in [5.74, 6) is -1.10. The molecular weight excluding hydrogens is 492 g/mol. The van der Waals surface area contributed by atoms with Crippen molar-refractivity contribution in [2.75, 3.05) is 37.7 Å². The molecule has 0 heterocycles. The number of nitrogens with zero attached hydrogens (tertiary/aromatic N) is 2. The number of likely N-dealkylation sites (N-methyl/N-ethyl adjacent to an activating group) is 2. The van der Waals surface area contributed by atoms with Gasteiger partial charge in [0.15, 0.2) is 10.2 Å². The molecule has 35 heavy (non-hydrogen) atoms. The smallest absolute Gasteiger partial charge is 0.246 e. The molecule has 0 aliphatic heterocycles. The molecule has 0 rings (SSSR count). The molecule has 4 amide bonds. The van der Waals surface area contributed by atoms with E-state index >= 15 is 0 Å². The van der Waals surface area contributed by atoms with Gasteiger partial charge < -0.3 is 20.4 Å². The number of rotatable bonds is 16. The first-order valence-electron chi connectivity index (χ1n) is 12.1. The third-order valence-corrected chi connectivity index (χ3v) is 7.10. The van der Waals surface area contributed by atoms with E-state index in [2.05, 4.69) is 10.6 Å². The molecule has 0 fully saturated rings. The van der Waals surface area contributed by atoms with Crippen LogP contribution in [0.3, 0.4) is 0 Å². The van der Waals surface area contributed by atoms with Gasteiger partial charge in [-0.2, -0.15) is 0 Å². The Morgan fingerprint density at radius 1 is 0.600 bits per heavy atom. The van der Waals surface area contributed by atoms with Crippen LogP contribution in [-0.4, -0.2) is 93.4 Å². The van der Waals surface area contributed by atoms with E-state index in [9.17, 15) is 28.8 Å². The largest absolute Gasteiger partial charge is 0.344 e. The van der Waals surface area contributed by atoms with E-state index in [4.69, 9.17) is 0 Å². The van der Waals surface area contributed by atoms with Crippen molar-refractivity contribution < 1.29 is 28.8 Å². The van der Waals surface area contributed by atoms with Crippen LogP contribution in [0.1, 0.15) is 60.8 Å². The summed E-state index contributed by atoms with van der Waals surface area (Å²) in [4.78, 5) is 77.0. The Labute approximate surface area is 217 Å². The molecule has 0 aliphatic carbocycles. The molecule has 0 aromatic heterocycles. The Morgan fingerprint density at radius 2 is 0.914 bits per heavy atom. The molecule has 12 heteroatoms. The van der Waals surface area contributed by atoms with Crippen LogP contribution in [0, 0.1) is 0 Å². The minimum atomic E-state index is -0.862. The Kier molecular flexibility index (Phi) is 17.1. The SMILES string of the molecule is CCC(=O)N[C@@H](CSC(=O)CC(=O)SC[C@H](NC(=O)CC)C(=O)N(CC)CC)C(=O)N(CC)CC. The predicted octanol–water partition coefficient (Wildman–Crippen LogP) is 1.42. The monoisotopic (exact) mass is 532 g/mol. The molecule has 2 atom stereocenters. The van der Waals surface area contributed by atoms with Gasteiger partial charge in [0, 0.05) is 50.5 Å². The normalized spacial score (nSPS) is 12.3. The van der Waals surface area contributed by atoms with Gasteiger partial charge in [-0.3, -0.25) is 28.8 Å². The van der Waals surface area contributed by atoms with Crippen molar-refractivity contribution >= 4 is 57.4 Å². The fourth-order valence-corrected chi connectivity index (χ4v) is 4.74. The minimum absolute atomic E-state index is 0.0213. The number of thioether (sulfide) groups is 2. The van der Waals surface area contributed by atoms with Gasteiger partial charge in [-0.1, -0.05) is 37.4 Å². The van der Waals surface area contributed by atoms with Crippen molar-refractivity contribution in [2.24, 2.45) is 0 Å². The van der Waals surface area contributed by atoms with Crippen LogP contribution in [-0.2, 0) is 28.8 Å². The molecule has 0 spiro atoms. The fraction of sp³-hybridized carbons (Fsp3) is 0.739. The summed E-state index contributed by atoms with van der Waals surface area (Å²) in [6.07, 6.45) is 0.0204. The third-order valence-electron chi connectivity index (χ3n) is 5.17. The van der Waals surface area contributed by atoms with E-state index in [1.54, 1.807) is 23.6 Å². The molecule has 0 bridgehead atoms. The molecule has 10 nitrogen and oxygen atoms in total. The van der Waals surface area contributed by atoms with Gasteiger partial charge in [0.1, 0.15) is 12.1 Å². The maximum atomic E-state index is 12.7. The van der Waals surface area contributed by atoms with E-state index in [-0.39, 0.29) is 48.0 Å². The maximum absolute atomic E-state index is 12.7. The summed E-state index contributed by atoms with van der Waals surface area (Å²) in [6.45, 7) is 12.6. The van der Waals surface area contributed by atoms with E-state index < -0.39 is 28.7 Å². The second-order valence-electron chi connectivity index (χ2n) is 7.51. The number of carbonyl (C=O) groups is 6. The molecule has 0 aliphatic rings. The highest BCUT2D eigenvalue weighted by Crippen LogP contribution is 2.16. The van der Waals surface area contributed by atoms with E-state index in [0.717, 1.165) is 23.5 Å². The summed E-state index contributed by atoms with van der Waals surface area (Å²) in [5, 5.41) is 4.42. The molecule has 2 N–H and O–H groups in total. The lowest BCUT2D eigenvalue weighted by atomic mass is 10.2. The second-order valence-corrected chi connectivity index (χ2v) is 9.67. The first-order chi connectivity index (χ1) is 16.6. The lowest BCUT2D eigenvalue weighted by Gasteiger charge is -2.25. The Balaban J connectivity index is 5.01. The lowest BCUT2D eigenvalue weighted by Crippen LogP contribution is -2.50. The second kappa shape index (κ2) is 18.2. The van der Waals surface area contributed by atoms with E-state index in [1.165, 1.54) is 0 Å². The van der Waals surface area contributed by atoms with Gasteiger partial charge in [-0.05, 0) is 27.7 Å². The van der Waals surface area contributed by atoms with Gasteiger partial charge in [0.2, 0.25) is 23.6 Å². The Bertz CT molecular complexity index is 682. The van der Waals surface area contributed by atoms with Crippen LogP contribution in [0.25, 0.3) is 0 Å². The molecule has 0 aromatic carbocycles. The van der Waals surface area contributed by atoms with Crippen LogP contribution in [0.15, 0.2) is 0 Å². The summed E-state index contributed by atoms with van der Waals surface area (Å²) < 4.78 is 0. The summed E-state index contributed by atoms with van der Waals surface area (Å²) in [6, 6.07) is -1.72. The zero-order chi connectivity index (χ0) is 27.0. The highest BCUT2D eigenvalue weighted by atomic mass is 32.2. The fourth-order valence-electron chi connectivity index (χ4n) is 3.03. The van der Waals surface area contributed by atoms with Gasteiger partial charge >= 0.3 is 0 Å². The molecule has 0 unspecified atom stereocenters. The average Bonchev–Trinajstić information content (AvgIpc) is 2.84. The van der Waals surface area contributed by atoms with Gasteiger partial charge in [-0.15, -0.1) is 0 Å². The molecule has 0 saturated heterocycles. The molecule has 200 valence electrons. The average molecular weight is 533 g/mol.